The maximum atomic E-state index is 13.2. The number of imide groups is 1. The van der Waals surface area contributed by atoms with Crippen LogP contribution in [0.1, 0.15) is 39.5 Å². The van der Waals surface area contributed by atoms with Crippen LogP contribution in [0.3, 0.4) is 0 Å². The lowest BCUT2D eigenvalue weighted by molar-refractivity contribution is -0.155. The Morgan fingerprint density at radius 1 is 0.857 bits per heavy atom. The van der Waals surface area contributed by atoms with Crippen LogP contribution in [0.15, 0.2) is 60.7 Å². The molecule has 0 unspecified atom stereocenters. The predicted molar refractivity (Wildman–Crippen MR) is 109 cm³/mol. The van der Waals surface area contributed by atoms with E-state index in [1.54, 1.807) is 4.90 Å². The summed E-state index contributed by atoms with van der Waals surface area (Å²) in [5.41, 5.74) is 1.13. The Morgan fingerprint density at radius 2 is 1.29 bits per heavy atom. The van der Waals surface area contributed by atoms with Crippen molar-refractivity contribution >= 4 is 29.1 Å². The quantitative estimate of drug-likeness (QED) is 0.704. The Morgan fingerprint density at radius 3 is 1.68 bits per heavy atom. The monoisotopic (exact) mass is 378 g/mol. The second-order valence-electron chi connectivity index (χ2n) is 7.33. The maximum absolute atomic E-state index is 13.2. The minimum Gasteiger partial charge on any atom is -0.280 e. The lowest BCUT2D eigenvalue weighted by atomic mass is 9.73. The molecule has 0 saturated carbocycles. The molecule has 0 bridgehead atoms. The van der Waals surface area contributed by atoms with Crippen LogP contribution in [0.25, 0.3) is 0 Å². The van der Waals surface area contributed by atoms with Crippen molar-refractivity contribution in [2.75, 3.05) is 11.4 Å². The van der Waals surface area contributed by atoms with Crippen LogP contribution < -0.4 is 4.90 Å². The summed E-state index contributed by atoms with van der Waals surface area (Å²) < 4.78 is 0. The average Bonchev–Trinajstić information content (AvgIpc) is 2.72. The van der Waals surface area contributed by atoms with Crippen molar-refractivity contribution in [2.24, 2.45) is 5.41 Å². The molecule has 0 aliphatic carbocycles. The van der Waals surface area contributed by atoms with Gasteiger partial charge in [-0.05, 0) is 42.5 Å². The van der Waals surface area contributed by atoms with E-state index in [-0.39, 0.29) is 29.7 Å². The normalized spacial score (nSPS) is 16.1. The van der Waals surface area contributed by atoms with Crippen molar-refractivity contribution in [3.63, 3.8) is 0 Å². The molecule has 28 heavy (non-hydrogen) atoms. The molecule has 0 radical (unpaired) electrons. The fourth-order valence-corrected chi connectivity index (χ4v) is 3.76. The molecule has 0 N–H and O–H groups in total. The molecule has 2 aromatic carbocycles. The summed E-state index contributed by atoms with van der Waals surface area (Å²) in [6, 6.07) is 18.5. The van der Waals surface area contributed by atoms with Crippen LogP contribution in [0.4, 0.5) is 11.4 Å². The molecule has 1 heterocycles. The Bertz CT molecular complexity index is 785. The fraction of sp³-hybridized carbons (Fsp3) is 0.348. The largest absolute Gasteiger partial charge is 0.280 e. The van der Waals surface area contributed by atoms with Gasteiger partial charge in [-0.2, -0.15) is 0 Å². The van der Waals surface area contributed by atoms with E-state index >= 15 is 0 Å². The van der Waals surface area contributed by atoms with E-state index in [0.717, 1.165) is 17.7 Å². The van der Waals surface area contributed by atoms with Crippen molar-refractivity contribution in [3.8, 4) is 0 Å². The first-order chi connectivity index (χ1) is 13.5. The van der Waals surface area contributed by atoms with E-state index < -0.39 is 0 Å². The SMILES string of the molecule is CCC1(CC)CC(=O)N(CC(=O)N(c2ccccc2)c2ccccc2)C(=O)C1. The maximum Gasteiger partial charge on any atom is 0.251 e. The van der Waals surface area contributed by atoms with Crippen molar-refractivity contribution in [1.29, 1.82) is 0 Å². The lowest BCUT2D eigenvalue weighted by Gasteiger charge is -2.39. The first kappa shape index (κ1) is 19.8. The third kappa shape index (κ3) is 3.98. The number of hydrogen-bond acceptors (Lipinski definition) is 3. The first-order valence-corrected chi connectivity index (χ1v) is 9.76. The smallest absolute Gasteiger partial charge is 0.251 e. The van der Waals surface area contributed by atoms with Gasteiger partial charge in [0.1, 0.15) is 6.54 Å². The summed E-state index contributed by atoms with van der Waals surface area (Å²) in [4.78, 5) is 41.3. The summed E-state index contributed by atoms with van der Waals surface area (Å²) in [5.74, 6) is -0.816. The van der Waals surface area contributed by atoms with E-state index in [2.05, 4.69) is 0 Å². The molecule has 5 nitrogen and oxygen atoms in total. The summed E-state index contributed by atoms with van der Waals surface area (Å²) in [7, 11) is 0. The molecule has 0 aromatic heterocycles. The molecule has 3 amide bonds. The number of rotatable bonds is 6. The van der Waals surface area contributed by atoms with E-state index in [9.17, 15) is 14.4 Å². The Balaban J connectivity index is 1.85. The Labute approximate surface area is 166 Å². The molecular formula is C23H26N2O3. The standard InChI is InChI=1S/C23H26N2O3/c1-3-23(4-2)15-20(26)24(21(27)16-23)17-22(28)25(18-11-7-5-8-12-18)19-13-9-6-10-14-19/h5-14H,3-4,15-17H2,1-2H3. The van der Waals surface area contributed by atoms with Gasteiger partial charge in [0.05, 0.1) is 0 Å². The Hall–Kier alpha value is -2.95. The number of nitrogens with zero attached hydrogens (tertiary/aromatic N) is 2. The van der Waals surface area contributed by atoms with Crippen LogP contribution in [0.5, 0.6) is 0 Å². The zero-order chi connectivity index (χ0) is 20.1. The van der Waals surface area contributed by atoms with E-state index in [0.29, 0.717) is 24.2 Å². The highest BCUT2D eigenvalue weighted by atomic mass is 16.2. The van der Waals surface area contributed by atoms with Gasteiger partial charge in [0.2, 0.25) is 11.8 Å². The highest BCUT2D eigenvalue weighted by molar-refractivity contribution is 6.07. The molecule has 0 atom stereocenters. The van der Waals surface area contributed by atoms with Gasteiger partial charge in [0.15, 0.2) is 0 Å². The molecule has 146 valence electrons. The highest BCUT2D eigenvalue weighted by Crippen LogP contribution is 2.39. The molecule has 0 spiro atoms. The second kappa shape index (κ2) is 8.38. The summed E-state index contributed by atoms with van der Waals surface area (Å²) in [6.45, 7) is 3.78. The number of carbonyl (C=O) groups excluding carboxylic acids is 3. The molecular weight excluding hydrogens is 352 g/mol. The van der Waals surface area contributed by atoms with Crippen molar-refractivity contribution in [1.82, 2.24) is 4.90 Å². The van der Waals surface area contributed by atoms with Gasteiger partial charge < -0.3 is 0 Å². The highest BCUT2D eigenvalue weighted by Gasteiger charge is 2.42. The molecule has 1 fully saturated rings. The zero-order valence-electron chi connectivity index (χ0n) is 16.4. The first-order valence-electron chi connectivity index (χ1n) is 9.76. The van der Waals surface area contributed by atoms with Gasteiger partial charge in [0, 0.05) is 24.2 Å². The van der Waals surface area contributed by atoms with E-state index in [1.165, 1.54) is 0 Å². The Kier molecular flexibility index (Phi) is 5.93. The van der Waals surface area contributed by atoms with Gasteiger partial charge in [-0.3, -0.25) is 24.2 Å². The fourth-order valence-electron chi connectivity index (χ4n) is 3.76. The van der Waals surface area contributed by atoms with Crippen LogP contribution in [0.2, 0.25) is 0 Å². The number of carbonyl (C=O) groups is 3. The van der Waals surface area contributed by atoms with Crippen LogP contribution >= 0.6 is 0 Å². The molecule has 1 aliphatic heterocycles. The van der Waals surface area contributed by atoms with Gasteiger partial charge in [-0.15, -0.1) is 0 Å². The van der Waals surface area contributed by atoms with Gasteiger partial charge in [0.25, 0.3) is 5.91 Å². The summed E-state index contributed by atoms with van der Waals surface area (Å²) >= 11 is 0. The third-order valence-corrected chi connectivity index (χ3v) is 5.73. The number of para-hydroxylation sites is 2. The summed E-state index contributed by atoms with van der Waals surface area (Å²) in [6.07, 6.45) is 2.19. The number of benzene rings is 2. The molecule has 2 aromatic rings. The van der Waals surface area contributed by atoms with Crippen molar-refractivity contribution < 1.29 is 14.4 Å². The number of hydrogen-bond donors (Lipinski definition) is 0. The number of likely N-dealkylation sites (tertiary alicyclic amines) is 1. The van der Waals surface area contributed by atoms with E-state index in [1.807, 2.05) is 74.5 Å². The summed E-state index contributed by atoms with van der Waals surface area (Å²) in [5, 5.41) is 0. The second-order valence-corrected chi connectivity index (χ2v) is 7.33. The van der Waals surface area contributed by atoms with E-state index in [4.69, 9.17) is 0 Å². The third-order valence-electron chi connectivity index (χ3n) is 5.73. The molecule has 5 heteroatoms. The topological polar surface area (TPSA) is 57.7 Å². The molecule has 1 aliphatic rings. The van der Waals surface area contributed by atoms with Crippen molar-refractivity contribution in [3.05, 3.63) is 60.7 Å². The average molecular weight is 378 g/mol. The van der Waals surface area contributed by atoms with Gasteiger partial charge in [-0.25, -0.2) is 0 Å². The number of anilines is 2. The van der Waals surface area contributed by atoms with Crippen LogP contribution in [-0.4, -0.2) is 29.2 Å². The van der Waals surface area contributed by atoms with Crippen LogP contribution in [-0.2, 0) is 14.4 Å². The van der Waals surface area contributed by atoms with Crippen LogP contribution in [0, 0.1) is 5.41 Å². The van der Waals surface area contributed by atoms with Gasteiger partial charge in [-0.1, -0.05) is 50.2 Å². The van der Waals surface area contributed by atoms with Crippen molar-refractivity contribution in [2.45, 2.75) is 39.5 Å². The minimum atomic E-state index is -0.306. The number of amides is 3. The minimum absolute atomic E-state index is 0.245. The molecule has 1 saturated heterocycles. The zero-order valence-corrected chi connectivity index (χ0v) is 16.4. The predicted octanol–water partition coefficient (Wildman–Crippen LogP) is 4.31. The number of piperidine rings is 1. The van der Waals surface area contributed by atoms with Gasteiger partial charge >= 0.3 is 0 Å². The lowest BCUT2D eigenvalue weighted by Crippen LogP contribution is -2.51. The molecule has 3 rings (SSSR count).